The van der Waals surface area contributed by atoms with Crippen LogP contribution in [0.25, 0.3) is 0 Å². The van der Waals surface area contributed by atoms with Crippen LogP contribution < -0.4 is 10.6 Å². The summed E-state index contributed by atoms with van der Waals surface area (Å²) < 4.78 is 0. The number of hydrogen-bond acceptors (Lipinski definition) is 3. The van der Waals surface area contributed by atoms with Gasteiger partial charge in [0.05, 0.1) is 5.92 Å². The van der Waals surface area contributed by atoms with E-state index in [4.69, 9.17) is 0 Å². The molecule has 0 radical (unpaired) electrons. The number of piperidine rings is 3. The summed E-state index contributed by atoms with van der Waals surface area (Å²) in [6.07, 6.45) is 4.60. The van der Waals surface area contributed by atoms with E-state index in [1.165, 1.54) is 0 Å². The lowest BCUT2D eigenvalue weighted by molar-refractivity contribution is -0.139. The Morgan fingerprint density at radius 1 is 1.26 bits per heavy atom. The Hall–Kier alpha value is -1.10. The first-order valence-corrected chi connectivity index (χ1v) is 7.53. The van der Waals surface area contributed by atoms with Gasteiger partial charge in [0.2, 0.25) is 11.8 Å². The predicted octanol–water partition coefficient (Wildman–Crippen LogP) is 0.113. The molecule has 3 fully saturated rings. The van der Waals surface area contributed by atoms with Crippen LogP contribution in [0, 0.1) is 11.8 Å². The Morgan fingerprint density at radius 2 is 2.16 bits per heavy atom. The summed E-state index contributed by atoms with van der Waals surface area (Å²) >= 11 is 0. The maximum absolute atomic E-state index is 12.5. The van der Waals surface area contributed by atoms with E-state index < -0.39 is 0 Å². The van der Waals surface area contributed by atoms with Crippen LogP contribution in [0.2, 0.25) is 0 Å². The molecule has 0 saturated carbocycles. The minimum atomic E-state index is 0.170. The molecule has 2 N–H and O–H groups in total. The van der Waals surface area contributed by atoms with Crippen molar-refractivity contribution in [1.82, 2.24) is 15.5 Å². The molecule has 3 aliphatic rings. The molecule has 3 rings (SSSR count). The van der Waals surface area contributed by atoms with Gasteiger partial charge >= 0.3 is 0 Å². The van der Waals surface area contributed by atoms with Crippen LogP contribution in [-0.4, -0.2) is 48.9 Å². The molecule has 3 atom stereocenters. The second-order valence-electron chi connectivity index (χ2n) is 6.09. The number of nitrogens with zero attached hydrogens (tertiary/aromatic N) is 1. The molecule has 0 aromatic heterocycles. The minimum absolute atomic E-state index is 0.170. The molecular formula is C14H23N3O2. The first-order valence-electron chi connectivity index (χ1n) is 7.53. The zero-order valence-electron chi connectivity index (χ0n) is 11.4. The second kappa shape index (κ2) is 5.49. The number of nitrogens with one attached hydrogen (secondary N) is 2. The second-order valence-corrected chi connectivity index (χ2v) is 6.09. The first-order chi connectivity index (χ1) is 9.24. The van der Waals surface area contributed by atoms with Gasteiger partial charge in [-0.2, -0.15) is 0 Å². The van der Waals surface area contributed by atoms with Crippen LogP contribution in [-0.2, 0) is 9.59 Å². The third-order valence-corrected chi connectivity index (χ3v) is 4.78. The highest BCUT2D eigenvalue weighted by atomic mass is 16.2. The van der Waals surface area contributed by atoms with E-state index in [2.05, 4.69) is 10.6 Å². The molecule has 0 aliphatic carbocycles. The third-order valence-electron chi connectivity index (χ3n) is 4.78. The van der Waals surface area contributed by atoms with Gasteiger partial charge in [-0.05, 0) is 38.1 Å². The van der Waals surface area contributed by atoms with Crippen LogP contribution in [0.15, 0.2) is 0 Å². The maximum Gasteiger partial charge on any atom is 0.226 e. The molecule has 0 aromatic rings. The number of amides is 2. The molecule has 3 unspecified atom stereocenters. The number of carbonyl (C=O) groups is 2. The number of carbonyl (C=O) groups excluding carboxylic acids is 2. The summed E-state index contributed by atoms with van der Waals surface area (Å²) in [5.41, 5.74) is 0. The van der Waals surface area contributed by atoms with Crippen molar-refractivity contribution in [3.05, 3.63) is 0 Å². The third kappa shape index (κ3) is 2.76. The Morgan fingerprint density at radius 3 is 2.95 bits per heavy atom. The molecule has 106 valence electrons. The summed E-state index contributed by atoms with van der Waals surface area (Å²) in [6.45, 7) is 3.51. The summed E-state index contributed by atoms with van der Waals surface area (Å²) in [5, 5.41) is 6.38. The molecule has 5 heteroatoms. The van der Waals surface area contributed by atoms with E-state index >= 15 is 0 Å². The molecular weight excluding hydrogens is 242 g/mol. The summed E-state index contributed by atoms with van der Waals surface area (Å²) in [7, 11) is 0. The number of hydrogen-bond donors (Lipinski definition) is 2. The SMILES string of the molecule is O=C1CCC2CN(C(=O)C3CCCNC3)CCC2N1. The van der Waals surface area contributed by atoms with Crippen LogP contribution in [0.3, 0.4) is 0 Å². The highest BCUT2D eigenvalue weighted by Crippen LogP contribution is 2.27. The lowest BCUT2D eigenvalue weighted by atomic mass is 9.84. The van der Waals surface area contributed by atoms with Gasteiger partial charge in [-0.15, -0.1) is 0 Å². The fraction of sp³-hybridized carbons (Fsp3) is 0.857. The fourth-order valence-electron chi connectivity index (χ4n) is 3.63. The van der Waals surface area contributed by atoms with Crippen LogP contribution in [0.4, 0.5) is 0 Å². The van der Waals surface area contributed by atoms with Crippen LogP contribution in [0.5, 0.6) is 0 Å². The highest BCUT2D eigenvalue weighted by molar-refractivity contribution is 5.80. The van der Waals surface area contributed by atoms with Crippen LogP contribution in [0.1, 0.15) is 32.1 Å². The topological polar surface area (TPSA) is 61.4 Å². The lowest BCUT2D eigenvalue weighted by Crippen LogP contribution is -2.56. The van der Waals surface area contributed by atoms with Gasteiger partial charge in [0, 0.05) is 32.1 Å². The van der Waals surface area contributed by atoms with Gasteiger partial charge in [-0.1, -0.05) is 0 Å². The average Bonchev–Trinajstić information content (AvgIpc) is 2.47. The molecule has 0 spiro atoms. The predicted molar refractivity (Wildman–Crippen MR) is 71.4 cm³/mol. The number of fused-ring (bicyclic) bond motifs is 1. The van der Waals surface area contributed by atoms with E-state index in [9.17, 15) is 9.59 Å². The van der Waals surface area contributed by atoms with E-state index in [1.54, 1.807) is 0 Å². The van der Waals surface area contributed by atoms with E-state index in [0.29, 0.717) is 24.3 Å². The average molecular weight is 265 g/mol. The standard InChI is InChI=1S/C14H23N3O2/c18-13-4-3-11-9-17(7-5-12(11)16-13)14(19)10-2-1-6-15-8-10/h10-12,15H,1-9H2,(H,16,18). The zero-order valence-corrected chi connectivity index (χ0v) is 11.4. The normalized spacial score (nSPS) is 35.5. The number of likely N-dealkylation sites (tertiary alicyclic amines) is 1. The Labute approximate surface area is 114 Å². The van der Waals surface area contributed by atoms with Crippen molar-refractivity contribution in [2.45, 2.75) is 38.1 Å². The lowest BCUT2D eigenvalue weighted by Gasteiger charge is -2.42. The van der Waals surface area contributed by atoms with E-state index in [0.717, 1.165) is 51.9 Å². The van der Waals surface area contributed by atoms with Crippen LogP contribution >= 0.6 is 0 Å². The van der Waals surface area contributed by atoms with E-state index in [1.807, 2.05) is 4.90 Å². The quantitative estimate of drug-likeness (QED) is 0.707. The largest absolute Gasteiger partial charge is 0.353 e. The summed E-state index contributed by atoms with van der Waals surface area (Å²) in [4.78, 5) is 25.9. The van der Waals surface area contributed by atoms with Crippen molar-refractivity contribution >= 4 is 11.8 Å². The Balaban J connectivity index is 1.58. The number of rotatable bonds is 1. The fourth-order valence-corrected chi connectivity index (χ4v) is 3.63. The van der Waals surface area contributed by atoms with Crippen molar-refractivity contribution in [1.29, 1.82) is 0 Å². The molecule has 3 aliphatic heterocycles. The van der Waals surface area contributed by atoms with Gasteiger partial charge in [0.25, 0.3) is 0 Å². The molecule has 3 heterocycles. The van der Waals surface area contributed by atoms with Crippen molar-refractivity contribution in [3.8, 4) is 0 Å². The van der Waals surface area contributed by atoms with Crippen molar-refractivity contribution < 1.29 is 9.59 Å². The smallest absolute Gasteiger partial charge is 0.226 e. The first kappa shape index (κ1) is 12.9. The minimum Gasteiger partial charge on any atom is -0.353 e. The van der Waals surface area contributed by atoms with Crippen molar-refractivity contribution in [2.24, 2.45) is 11.8 Å². The highest BCUT2D eigenvalue weighted by Gasteiger charge is 2.37. The summed E-state index contributed by atoms with van der Waals surface area (Å²) in [6, 6.07) is 0.301. The monoisotopic (exact) mass is 265 g/mol. The molecule has 19 heavy (non-hydrogen) atoms. The van der Waals surface area contributed by atoms with Gasteiger partial charge in [0.15, 0.2) is 0 Å². The van der Waals surface area contributed by atoms with Gasteiger partial charge < -0.3 is 15.5 Å². The van der Waals surface area contributed by atoms with E-state index in [-0.39, 0.29) is 11.8 Å². The van der Waals surface area contributed by atoms with Gasteiger partial charge in [-0.25, -0.2) is 0 Å². The summed E-state index contributed by atoms with van der Waals surface area (Å²) in [5.74, 6) is 1.13. The van der Waals surface area contributed by atoms with Gasteiger partial charge in [-0.3, -0.25) is 9.59 Å². The maximum atomic E-state index is 12.5. The molecule has 0 aromatic carbocycles. The van der Waals surface area contributed by atoms with Crippen molar-refractivity contribution in [3.63, 3.8) is 0 Å². The van der Waals surface area contributed by atoms with Gasteiger partial charge in [0.1, 0.15) is 0 Å². The molecule has 3 saturated heterocycles. The molecule has 5 nitrogen and oxygen atoms in total. The Kier molecular flexibility index (Phi) is 3.73. The molecule has 2 amide bonds. The zero-order chi connectivity index (χ0) is 13.2. The van der Waals surface area contributed by atoms with Crippen molar-refractivity contribution in [2.75, 3.05) is 26.2 Å². The molecule has 0 bridgehead atoms. The Bertz CT molecular complexity index is 366.